The van der Waals surface area contributed by atoms with Crippen molar-refractivity contribution in [3.63, 3.8) is 0 Å². The van der Waals surface area contributed by atoms with Crippen molar-refractivity contribution in [1.82, 2.24) is 4.81 Å². The largest absolute Gasteiger partial charge is 0.345 e. The molecule has 0 spiro atoms. The van der Waals surface area contributed by atoms with Gasteiger partial charge < -0.3 is 4.81 Å². The van der Waals surface area contributed by atoms with Crippen LogP contribution in [0.25, 0.3) is 0 Å². The van der Waals surface area contributed by atoms with Crippen LogP contribution in [0.1, 0.15) is 12.8 Å². The molecular formula is C5H12BN. The number of rotatable bonds is 1. The van der Waals surface area contributed by atoms with Crippen molar-refractivity contribution >= 4 is 7.41 Å². The van der Waals surface area contributed by atoms with E-state index in [1.54, 1.807) is 0 Å². The van der Waals surface area contributed by atoms with Crippen LogP contribution in [0.3, 0.4) is 0 Å². The van der Waals surface area contributed by atoms with Crippen LogP contribution in [0.5, 0.6) is 0 Å². The number of hydrogen-bond donors (Lipinski definition) is 0. The van der Waals surface area contributed by atoms with Crippen molar-refractivity contribution in [2.45, 2.75) is 19.7 Å². The molecule has 1 aliphatic heterocycles. The molecule has 0 saturated carbocycles. The fraction of sp³-hybridized carbons (Fsp3) is 1.00. The molecule has 0 aromatic rings. The summed E-state index contributed by atoms with van der Waals surface area (Å²) in [6, 6.07) is 0. The Bertz CT molecular complexity index is 50.0. The summed E-state index contributed by atoms with van der Waals surface area (Å²) in [6.45, 7) is 4.92. The summed E-state index contributed by atoms with van der Waals surface area (Å²) in [4.78, 5) is 2.49. The molecule has 1 rings (SSSR count). The second-order valence-corrected chi connectivity index (χ2v) is 2.14. The topological polar surface area (TPSA) is 3.24 Å². The van der Waals surface area contributed by atoms with E-state index in [1.807, 2.05) is 0 Å². The molecule has 0 radical (unpaired) electrons. The lowest BCUT2D eigenvalue weighted by atomic mass is 9.97. The second-order valence-electron chi connectivity index (χ2n) is 2.14. The fourth-order valence-corrected chi connectivity index (χ4v) is 1.10. The van der Waals surface area contributed by atoms with Gasteiger partial charge in [0.15, 0.2) is 0 Å². The first-order chi connectivity index (χ1) is 3.43. The van der Waals surface area contributed by atoms with E-state index >= 15 is 0 Å². The summed E-state index contributed by atoms with van der Waals surface area (Å²) >= 11 is 0. The summed E-state index contributed by atoms with van der Waals surface area (Å²) in [5, 5.41) is 0. The standard InChI is InChI=1S/C5H12BN/c1-6-7-4-2-3-5-7/h6H,2-5H2,1H3. The number of nitrogens with zero attached hydrogens (tertiary/aromatic N) is 1. The van der Waals surface area contributed by atoms with Gasteiger partial charge in [-0.2, -0.15) is 0 Å². The van der Waals surface area contributed by atoms with Crippen LogP contribution in [0, 0.1) is 0 Å². The number of hydrogen-bond acceptors (Lipinski definition) is 1. The molecule has 1 aliphatic rings. The highest BCUT2D eigenvalue weighted by Crippen LogP contribution is 2.03. The van der Waals surface area contributed by atoms with Crippen LogP contribution >= 0.6 is 0 Å². The van der Waals surface area contributed by atoms with Gasteiger partial charge in [-0.3, -0.25) is 0 Å². The highest BCUT2D eigenvalue weighted by molar-refractivity contribution is 6.29. The monoisotopic (exact) mass is 97.1 g/mol. The molecule has 0 aliphatic carbocycles. The maximum atomic E-state index is 2.49. The van der Waals surface area contributed by atoms with Crippen LogP contribution in [-0.2, 0) is 0 Å². The maximum Gasteiger partial charge on any atom is 0.201 e. The molecule has 0 bridgehead atoms. The minimum atomic E-state index is 1.25. The van der Waals surface area contributed by atoms with Crippen LogP contribution in [0.4, 0.5) is 0 Å². The molecule has 2 heteroatoms. The molecule has 7 heavy (non-hydrogen) atoms. The lowest BCUT2D eigenvalue weighted by Gasteiger charge is -2.07. The molecule has 0 unspecified atom stereocenters. The molecule has 40 valence electrons. The molecule has 1 heterocycles. The van der Waals surface area contributed by atoms with Crippen molar-refractivity contribution in [2.75, 3.05) is 13.1 Å². The Kier molecular flexibility index (Phi) is 1.74. The van der Waals surface area contributed by atoms with Crippen LogP contribution < -0.4 is 0 Å². The van der Waals surface area contributed by atoms with Crippen LogP contribution in [0.2, 0.25) is 6.82 Å². The molecule has 1 nitrogen and oxygen atoms in total. The molecule has 1 fully saturated rings. The SMILES string of the molecule is CBN1CCCC1. The lowest BCUT2D eigenvalue weighted by Crippen LogP contribution is -2.20. The summed E-state index contributed by atoms with van der Waals surface area (Å²) in [7, 11) is 1.25. The van der Waals surface area contributed by atoms with Gasteiger partial charge in [0.2, 0.25) is 7.41 Å². The zero-order valence-electron chi connectivity index (χ0n) is 4.98. The van der Waals surface area contributed by atoms with Gasteiger partial charge in [0, 0.05) is 0 Å². The van der Waals surface area contributed by atoms with Crippen LogP contribution in [-0.4, -0.2) is 25.3 Å². The van der Waals surface area contributed by atoms with Gasteiger partial charge in [-0.15, -0.1) is 0 Å². The molecular weight excluding hydrogens is 84.9 g/mol. The van der Waals surface area contributed by atoms with Crippen molar-refractivity contribution in [2.24, 2.45) is 0 Å². The molecule has 0 aromatic heterocycles. The van der Waals surface area contributed by atoms with Crippen LogP contribution in [0.15, 0.2) is 0 Å². The predicted octanol–water partition coefficient (Wildman–Crippen LogP) is 0.482. The normalized spacial score (nSPS) is 23.0. The van der Waals surface area contributed by atoms with Gasteiger partial charge in [0.25, 0.3) is 0 Å². The molecule has 0 amide bonds. The third-order valence-corrected chi connectivity index (χ3v) is 1.65. The van der Waals surface area contributed by atoms with Gasteiger partial charge in [0.05, 0.1) is 0 Å². The quantitative estimate of drug-likeness (QED) is 0.430. The predicted molar refractivity (Wildman–Crippen MR) is 33.8 cm³/mol. The second kappa shape index (κ2) is 2.36. The van der Waals surface area contributed by atoms with Gasteiger partial charge in [-0.1, -0.05) is 6.82 Å². The van der Waals surface area contributed by atoms with E-state index in [9.17, 15) is 0 Å². The third kappa shape index (κ3) is 1.20. The van der Waals surface area contributed by atoms with E-state index in [4.69, 9.17) is 0 Å². The highest BCUT2D eigenvalue weighted by atomic mass is 15.0. The van der Waals surface area contributed by atoms with Gasteiger partial charge in [0.1, 0.15) is 0 Å². The van der Waals surface area contributed by atoms with Crippen molar-refractivity contribution in [1.29, 1.82) is 0 Å². The van der Waals surface area contributed by atoms with Crippen molar-refractivity contribution in [3.05, 3.63) is 0 Å². The molecule has 0 aromatic carbocycles. The summed E-state index contributed by atoms with van der Waals surface area (Å²) in [5.41, 5.74) is 0. The highest BCUT2D eigenvalue weighted by Gasteiger charge is 2.07. The Morgan fingerprint density at radius 2 is 1.86 bits per heavy atom. The minimum Gasteiger partial charge on any atom is -0.345 e. The molecule has 0 N–H and O–H groups in total. The van der Waals surface area contributed by atoms with Gasteiger partial charge >= 0.3 is 0 Å². The average Bonchev–Trinajstić information content (AvgIpc) is 2.14. The fourth-order valence-electron chi connectivity index (χ4n) is 1.10. The van der Waals surface area contributed by atoms with E-state index in [0.717, 1.165) is 0 Å². The van der Waals surface area contributed by atoms with Gasteiger partial charge in [-0.05, 0) is 25.9 Å². The third-order valence-electron chi connectivity index (χ3n) is 1.65. The zero-order chi connectivity index (χ0) is 5.11. The molecule has 0 atom stereocenters. The zero-order valence-corrected chi connectivity index (χ0v) is 4.98. The van der Waals surface area contributed by atoms with Gasteiger partial charge in [-0.25, -0.2) is 0 Å². The Hall–Kier alpha value is 0.0249. The Morgan fingerprint density at radius 1 is 1.29 bits per heavy atom. The Morgan fingerprint density at radius 3 is 2.14 bits per heavy atom. The Labute approximate surface area is 46.0 Å². The molecule has 1 saturated heterocycles. The minimum absolute atomic E-state index is 1.25. The first-order valence-corrected chi connectivity index (χ1v) is 3.16. The van der Waals surface area contributed by atoms with E-state index in [2.05, 4.69) is 11.6 Å². The summed E-state index contributed by atoms with van der Waals surface area (Å²) < 4.78 is 0. The maximum absolute atomic E-state index is 2.49. The van der Waals surface area contributed by atoms with E-state index in [0.29, 0.717) is 0 Å². The summed E-state index contributed by atoms with van der Waals surface area (Å²) in [6.07, 6.45) is 2.85. The smallest absolute Gasteiger partial charge is 0.201 e. The Balaban J connectivity index is 2.14. The first-order valence-electron chi connectivity index (χ1n) is 3.16. The average molecular weight is 97.0 g/mol. The first kappa shape index (κ1) is 5.17. The van der Waals surface area contributed by atoms with E-state index < -0.39 is 0 Å². The van der Waals surface area contributed by atoms with Crippen molar-refractivity contribution in [3.8, 4) is 0 Å². The summed E-state index contributed by atoms with van der Waals surface area (Å²) in [5.74, 6) is 0. The van der Waals surface area contributed by atoms with E-state index in [1.165, 1.54) is 33.3 Å². The lowest BCUT2D eigenvalue weighted by molar-refractivity contribution is 0.554. The van der Waals surface area contributed by atoms with Crippen molar-refractivity contribution < 1.29 is 0 Å². The van der Waals surface area contributed by atoms with E-state index in [-0.39, 0.29) is 0 Å².